The molecule has 1 aromatic rings. The van der Waals surface area contributed by atoms with E-state index in [4.69, 9.17) is 9.47 Å². The predicted octanol–water partition coefficient (Wildman–Crippen LogP) is 4.23. The number of hydrogen-bond donors (Lipinski definition) is 2. The van der Waals surface area contributed by atoms with Gasteiger partial charge >= 0.3 is 12.0 Å². The van der Waals surface area contributed by atoms with Crippen LogP contribution in [0.4, 0.5) is 4.79 Å². The number of rotatable bonds is 6. The van der Waals surface area contributed by atoms with E-state index in [0.717, 1.165) is 31.2 Å². The molecule has 2 N–H and O–H groups in total. The standard InChI is InChI=1S/C22H30N2O4/c1-4-12-27-18-11-6-5-10-17(18)20-19(15(3)23-22(26)24-20)21(25)28-16-9-7-8-14(2)13-16/h5-6,10-11,14,16,20H,4,7-9,12-13H2,1-3H3,(H2,23,24,26). The van der Waals surface area contributed by atoms with Crippen LogP contribution in [0.5, 0.6) is 5.75 Å². The molecular weight excluding hydrogens is 356 g/mol. The van der Waals surface area contributed by atoms with Crippen molar-refractivity contribution in [2.45, 2.75) is 65.0 Å². The molecule has 6 heteroatoms. The van der Waals surface area contributed by atoms with Crippen molar-refractivity contribution in [2.24, 2.45) is 5.92 Å². The van der Waals surface area contributed by atoms with Crippen LogP contribution in [0.25, 0.3) is 0 Å². The lowest BCUT2D eigenvalue weighted by atomic mass is 9.88. The molecule has 152 valence electrons. The maximum atomic E-state index is 13.1. The quantitative estimate of drug-likeness (QED) is 0.718. The minimum atomic E-state index is -0.602. The van der Waals surface area contributed by atoms with E-state index in [9.17, 15) is 9.59 Å². The molecule has 1 aromatic carbocycles. The molecule has 3 rings (SSSR count). The van der Waals surface area contributed by atoms with Gasteiger partial charge in [0.25, 0.3) is 0 Å². The Kier molecular flexibility index (Phi) is 6.60. The average molecular weight is 386 g/mol. The SMILES string of the molecule is CCCOc1ccccc1C1NC(=O)NC(C)=C1C(=O)OC1CCCC(C)C1. The van der Waals surface area contributed by atoms with Crippen molar-refractivity contribution in [3.8, 4) is 5.75 Å². The Morgan fingerprint density at radius 3 is 2.79 bits per heavy atom. The maximum absolute atomic E-state index is 13.1. The van der Waals surface area contributed by atoms with Crippen LogP contribution in [0.2, 0.25) is 0 Å². The molecule has 2 amide bonds. The Balaban J connectivity index is 1.88. The molecule has 0 bridgehead atoms. The number of amides is 2. The third-order valence-corrected chi connectivity index (χ3v) is 5.34. The van der Waals surface area contributed by atoms with Gasteiger partial charge in [-0.25, -0.2) is 9.59 Å². The summed E-state index contributed by atoms with van der Waals surface area (Å²) in [6.07, 6.45) is 4.83. The number of para-hydroxylation sites is 1. The second-order valence-electron chi connectivity index (χ2n) is 7.76. The van der Waals surface area contributed by atoms with E-state index in [0.29, 0.717) is 29.5 Å². The first-order valence-electron chi connectivity index (χ1n) is 10.2. The van der Waals surface area contributed by atoms with Gasteiger partial charge in [0.1, 0.15) is 11.9 Å². The summed E-state index contributed by atoms with van der Waals surface area (Å²) >= 11 is 0. The van der Waals surface area contributed by atoms with Gasteiger partial charge in [-0.3, -0.25) is 0 Å². The monoisotopic (exact) mass is 386 g/mol. The smallest absolute Gasteiger partial charge is 0.338 e. The minimum Gasteiger partial charge on any atom is -0.493 e. The van der Waals surface area contributed by atoms with Crippen molar-refractivity contribution in [3.05, 3.63) is 41.1 Å². The largest absolute Gasteiger partial charge is 0.493 e. The highest BCUT2D eigenvalue weighted by Crippen LogP contribution is 2.35. The van der Waals surface area contributed by atoms with Gasteiger partial charge in [-0.15, -0.1) is 0 Å². The van der Waals surface area contributed by atoms with Gasteiger partial charge in [0.2, 0.25) is 0 Å². The molecule has 0 spiro atoms. The Morgan fingerprint density at radius 2 is 2.04 bits per heavy atom. The molecule has 1 saturated carbocycles. The number of benzene rings is 1. The summed E-state index contributed by atoms with van der Waals surface area (Å²) in [6.45, 7) is 6.53. The molecule has 6 nitrogen and oxygen atoms in total. The predicted molar refractivity (Wildman–Crippen MR) is 107 cm³/mol. The van der Waals surface area contributed by atoms with Crippen molar-refractivity contribution in [3.63, 3.8) is 0 Å². The fourth-order valence-electron chi connectivity index (χ4n) is 3.96. The first kappa shape index (κ1) is 20.2. The molecule has 3 atom stereocenters. The molecule has 1 aliphatic heterocycles. The molecule has 1 heterocycles. The summed E-state index contributed by atoms with van der Waals surface area (Å²) < 4.78 is 11.7. The van der Waals surface area contributed by atoms with Crippen LogP contribution in [-0.4, -0.2) is 24.7 Å². The fourth-order valence-corrected chi connectivity index (χ4v) is 3.96. The number of nitrogens with one attached hydrogen (secondary N) is 2. The second-order valence-corrected chi connectivity index (χ2v) is 7.76. The van der Waals surface area contributed by atoms with E-state index >= 15 is 0 Å². The van der Waals surface area contributed by atoms with Crippen molar-refractivity contribution in [1.82, 2.24) is 10.6 Å². The van der Waals surface area contributed by atoms with E-state index in [1.54, 1.807) is 6.92 Å². The molecule has 3 unspecified atom stereocenters. The first-order chi connectivity index (χ1) is 13.5. The number of hydrogen-bond acceptors (Lipinski definition) is 4. The topological polar surface area (TPSA) is 76.7 Å². The fraction of sp³-hybridized carbons (Fsp3) is 0.545. The summed E-state index contributed by atoms with van der Waals surface area (Å²) in [6, 6.07) is 6.56. The van der Waals surface area contributed by atoms with Gasteiger partial charge in [0.05, 0.1) is 18.2 Å². The zero-order valence-corrected chi connectivity index (χ0v) is 16.9. The van der Waals surface area contributed by atoms with E-state index in [1.165, 1.54) is 6.42 Å². The minimum absolute atomic E-state index is 0.0681. The number of allylic oxidation sites excluding steroid dienone is 1. The van der Waals surface area contributed by atoms with Crippen molar-refractivity contribution in [1.29, 1.82) is 0 Å². The zero-order chi connectivity index (χ0) is 20.1. The molecule has 2 aliphatic rings. The normalized spacial score (nSPS) is 25.0. The number of ether oxygens (including phenoxy) is 2. The van der Waals surface area contributed by atoms with Gasteiger partial charge in [-0.1, -0.05) is 38.5 Å². The molecule has 0 radical (unpaired) electrons. The Bertz CT molecular complexity index is 759. The van der Waals surface area contributed by atoms with Crippen molar-refractivity contribution >= 4 is 12.0 Å². The number of carbonyl (C=O) groups excluding carboxylic acids is 2. The van der Waals surface area contributed by atoms with Crippen LogP contribution in [0, 0.1) is 5.92 Å². The molecule has 28 heavy (non-hydrogen) atoms. The van der Waals surface area contributed by atoms with Gasteiger partial charge in [0.15, 0.2) is 0 Å². The highest BCUT2D eigenvalue weighted by molar-refractivity contribution is 5.95. The van der Waals surface area contributed by atoms with Gasteiger partial charge in [-0.05, 0) is 44.6 Å². The molecule has 0 saturated heterocycles. The Hall–Kier alpha value is -2.50. The highest BCUT2D eigenvalue weighted by atomic mass is 16.5. The van der Waals surface area contributed by atoms with Gasteiger partial charge in [-0.2, -0.15) is 0 Å². The Morgan fingerprint density at radius 1 is 1.25 bits per heavy atom. The average Bonchev–Trinajstić information content (AvgIpc) is 2.66. The second kappa shape index (κ2) is 9.13. The lowest BCUT2D eigenvalue weighted by Crippen LogP contribution is -2.45. The number of carbonyl (C=O) groups is 2. The summed E-state index contributed by atoms with van der Waals surface area (Å²) in [5, 5.41) is 5.57. The van der Waals surface area contributed by atoms with Crippen molar-refractivity contribution in [2.75, 3.05) is 6.61 Å². The Labute approximate surface area is 166 Å². The summed E-state index contributed by atoms with van der Waals surface area (Å²) in [5.41, 5.74) is 1.72. The molecule has 1 fully saturated rings. The highest BCUT2D eigenvalue weighted by Gasteiger charge is 2.35. The van der Waals surface area contributed by atoms with Crippen LogP contribution in [-0.2, 0) is 9.53 Å². The number of urea groups is 1. The van der Waals surface area contributed by atoms with Crippen LogP contribution < -0.4 is 15.4 Å². The van der Waals surface area contributed by atoms with Crippen LogP contribution in [0.15, 0.2) is 35.5 Å². The van der Waals surface area contributed by atoms with Gasteiger partial charge < -0.3 is 20.1 Å². The lowest BCUT2D eigenvalue weighted by molar-refractivity contribution is -0.146. The van der Waals surface area contributed by atoms with E-state index in [2.05, 4.69) is 17.6 Å². The van der Waals surface area contributed by atoms with Gasteiger partial charge in [0, 0.05) is 11.3 Å². The molecule has 0 aromatic heterocycles. The van der Waals surface area contributed by atoms with E-state index < -0.39 is 6.04 Å². The van der Waals surface area contributed by atoms with Crippen LogP contribution in [0.1, 0.15) is 64.5 Å². The lowest BCUT2D eigenvalue weighted by Gasteiger charge is -2.31. The van der Waals surface area contributed by atoms with E-state index in [1.807, 2.05) is 31.2 Å². The van der Waals surface area contributed by atoms with Crippen molar-refractivity contribution < 1.29 is 19.1 Å². The first-order valence-corrected chi connectivity index (χ1v) is 10.2. The zero-order valence-electron chi connectivity index (χ0n) is 16.9. The molecule has 1 aliphatic carbocycles. The summed E-state index contributed by atoms with van der Waals surface area (Å²) in [4.78, 5) is 25.2. The summed E-state index contributed by atoms with van der Waals surface area (Å²) in [5.74, 6) is 0.852. The summed E-state index contributed by atoms with van der Waals surface area (Å²) in [7, 11) is 0. The van der Waals surface area contributed by atoms with Crippen LogP contribution in [0.3, 0.4) is 0 Å². The van der Waals surface area contributed by atoms with E-state index in [-0.39, 0.29) is 18.1 Å². The van der Waals surface area contributed by atoms with Crippen LogP contribution >= 0.6 is 0 Å². The maximum Gasteiger partial charge on any atom is 0.338 e. The number of esters is 1. The third kappa shape index (κ3) is 4.66. The molecular formula is C22H30N2O4. The third-order valence-electron chi connectivity index (χ3n) is 5.34.